The van der Waals surface area contributed by atoms with E-state index in [0.717, 1.165) is 23.2 Å². The van der Waals surface area contributed by atoms with Gasteiger partial charge in [-0.1, -0.05) is 18.2 Å². The molecule has 0 saturated heterocycles. The van der Waals surface area contributed by atoms with Crippen LogP contribution in [-0.2, 0) is 0 Å². The average Bonchev–Trinajstić information content (AvgIpc) is 2.69. The third-order valence-electron chi connectivity index (χ3n) is 2.41. The van der Waals surface area contributed by atoms with Crippen LogP contribution in [0.4, 0.5) is 0 Å². The van der Waals surface area contributed by atoms with Gasteiger partial charge in [-0.25, -0.2) is 0 Å². The van der Waals surface area contributed by atoms with Crippen molar-refractivity contribution in [3.63, 3.8) is 0 Å². The first-order valence-corrected chi connectivity index (χ1v) is 4.99. The monoisotopic (exact) mass is 199 g/mol. The maximum absolute atomic E-state index is 5.96. The van der Waals surface area contributed by atoms with Gasteiger partial charge in [-0.3, -0.25) is 0 Å². The molecule has 76 valence electrons. The van der Waals surface area contributed by atoms with Crippen molar-refractivity contribution < 1.29 is 4.42 Å². The number of rotatable bonds is 3. The SMILES string of the molecule is C#CCCC(N)c1cc2ccccc2o1. The van der Waals surface area contributed by atoms with Crippen LogP contribution in [-0.4, -0.2) is 0 Å². The van der Waals surface area contributed by atoms with Crippen molar-refractivity contribution in [1.29, 1.82) is 0 Å². The Kier molecular flexibility index (Phi) is 2.75. The molecule has 0 aliphatic heterocycles. The van der Waals surface area contributed by atoms with E-state index in [1.807, 2.05) is 30.3 Å². The summed E-state index contributed by atoms with van der Waals surface area (Å²) in [5.41, 5.74) is 6.83. The van der Waals surface area contributed by atoms with Crippen LogP contribution < -0.4 is 5.73 Å². The Morgan fingerprint density at radius 1 is 1.40 bits per heavy atom. The van der Waals surface area contributed by atoms with Crippen molar-refractivity contribution in [2.75, 3.05) is 0 Å². The van der Waals surface area contributed by atoms with Gasteiger partial charge in [0, 0.05) is 11.8 Å². The predicted octanol–water partition coefficient (Wildman–Crippen LogP) is 2.85. The van der Waals surface area contributed by atoms with E-state index in [2.05, 4.69) is 5.92 Å². The lowest BCUT2D eigenvalue weighted by Gasteiger charge is -2.04. The fraction of sp³-hybridized carbons (Fsp3) is 0.231. The summed E-state index contributed by atoms with van der Waals surface area (Å²) in [6.07, 6.45) is 6.63. The fourth-order valence-electron chi connectivity index (χ4n) is 1.57. The molecule has 0 aliphatic rings. The van der Waals surface area contributed by atoms with Crippen LogP contribution in [0, 0.1) is 12.3 Å². The maximum atomic E-state index is 5.96. The van der Waals surface area contributed by atoms with Crippen LogP contribution in [0.5, 0.6) is 0 Å². The number of terminal acetylenes is 1. The maximum Gasteiger partial charge on any atom is 0.134 e. The highest BCUT2D eigenvalue weighted by atomic mass is 16.3. The third-order valence-corrected chi connectivity index (χ3v) is 2.41. The molecule has 2 aromatic rings. The van der Waals surface area contributed by atoms with Gasteiger partial charge in [-0.15, -0.1) is 12.3 Å². The molecular weight excluding hydrogens is 186 g/mol. The van der Waals surface area contributed by atoms with Gasteiger partial charge < -0.3 is 10.2 Å². The highest BCUT2D eigenvalue weighted by Gasteiger charge is 2.10. The largest absolute Gasteiger partial charge is 0.459 e. The second-order valence-corrected chi connectivity index (χ2v) is 3.54. The first-order chi connectivity index (χ1) is 7.31. The standard InChI is InChI=1S/C13H13NO/c1-2-3-7-11(14)13-9-10-6-4-5-8-12(10)15-13/h1,4-6,8-9,11H,3,7,14H2. The van der Waals surface area contributed by atoms with Crippen LogP contribution in [0.2, 0.25) is 0 Å². The van der Waals surface area contributed by atoms with Crippen molar-refractivity contribution in [1.82, 2.24) is 0 Å². The van der Waals surface area contributed by atoms with E-state index in [0.29, 0.717) is 6.42 Å². The van der Waals surface area contributed by atoms with E-state index < -0.39 is 0 Å². The van der Waals surface area contributed by atoms with Gasteiger partial charge in [0.1, 0.15) is 11.3 Å². The molecule has 2 rings (SSSR count). The summed E-state index contributed by atoms with van der Waals surface area (Å²) in [6, 6.07) is 9.75. The molecule has 0 radical (unpaired) electrons. The van der Waals surface area contributed by atoms with E-state index in [1.54, 1.807) is 0 Å². The Balaban J connectivity index is 2.25. The second-order valence-electron chi connectivity index (χ2n) is 3.54. The Morgan fingerprint density at radius 3 is 2.93 bits per heavy atom. The number of nitrogens with two attached hydrogens (primary N) is 1. The fourth-order valence-corrected chi connectivity index (χ4v) is 1.57. The lowest BCUT2D eigenvalue weighted by molar-refractivity contribution is 0.482. The Labute approximate surface area is 89.1 Å². The van der Waals surface area contributed by atoms with Gasteiger partial charge >= 0.3 is 0 Å². The van der Waals surface area contributed by atoms with Crippen molar-refractivity contribution >= 4 is 11.0 Å². The normalized spacial score (nSPS) is 12.5. The van der Waals surface area contributed by atoms with E-state index in [-0.39, 0.29) is 6.04 Å². The molecular formula is C13H13NO. The second kappa shape index (κ2) is 4.20. The lowest BCUT2D eigenvalue weighted by atomic mass is 10.1. The summed E-state index contributed by atoms with van der Waals surface area (Å²) >= 11 is 0. The van der Waals surface area contributed by atoms with Gasteiger partial charge in [0.15, 0.2) is 0 Å². The molecule has 2 nitrogen and oxygen atoms in total. The molecule has 0 fully saturated rings. The van der Waals surface area contributed by atoms with Crippen molar-refractivity contribution in [2.24, 2.45) is 5.73 Å². The summed E-state index contributed by atoms with van der Waals surface area (Å²) in [5, 5.41) is 1.09. The summed E-state index contributed by atoms with van der Waals surface area (Å²) in [5.74, 6) is 3.39. The van der Waals surface area contributed by atoms with Crippen LogP contribution in [0.1, 0.15) is 24.6 Å². The van der Waals surface area contributed by atoms with E-state index in [1.165, 1.54) is 0 Å². The molecule has 0 spiro atoms. The molecule has 0 saturated carbocycles. The zero-order valence-corrected chi connectivity index (χ0v) is 8.44. The zero-order valence-electron chi connectivity index (χ0n) is 8.44. The quantitative estimate of drug-likeness (QED) is 0.772. The molecule has 2 N–H and O–H groups in total. The molecule has 1 heterocycles. The summed E-state index contributed by atoms with van der Waals surface area (Å²) in [7, 11) is 0. The smallest absolute Gasteiger partial charge is 0.134 e. The molecule has 1 aromatic carbocycles. The summed E-state index contributed by atoms with van der Waals surface area (Å²) in [6.45, 7) is 0. The Hall–Kier alpha value is -1.72. The zero-order chi connectivity index (χ0) is 10.7. The van der Waals surface area contributed by atoms with Crippen molar-refractivity contribution in [3.05, 3.63) is 36.1 Å². The first kappa shape index (κ1) is 9.82. The number of para-hydroxylation sites is 1. The summed E-state index contributed by atoms with van der Waals surface area (Å²) < 4.78 is 5.63. The molecule has 0 bridgehead atoms. The Bertz CT molecular complexity index is 459. The van der Waals surface area contributed by atoms with Gasteiger partial charge in [0.25, 0.3) is 0 Å². The lowest BCUT2D eigenvalue weighted by Crippen LogP contribution is -2.08. The molecule has 2 heteroatoms. The molecule has 1 atom stereocenters. The highest BCUT2D eigenvalue weighted by molar-refractivity contribution is 5.77. The topological polar surface area (TPSA) is 39.2 Å². The molecule has 0 amide bonds. The van der Waals surface area contributed by atoms with E-state index in [4.69, 9.17) is 16.6 Å². The van der Waals surface area contributed by atoms with Crippen LogP contribution >= 0.6 is 0 Å². The molecule has 1 unspecified atom stereocenters. The van der Waals surface area contributed by atoms with Gasteiger partial charge in [0.2, 0.25) is 0 Å². The van der Waals surface area contributed by atoms with Gasteiger partial charge in [0.05, 0.1) is 6.04 Å². The predicted molar refractivity (Wildman–Crippen MR) is 61.2 cm³/mol. The highest BCUT2D eigenvalue weighted by Crippen LogP contribution is 2.24. The number of hydrogen-bond donors (Lipinski definition) is 1. The minimum Gasteiger partial charge on any atom is -0.459 e. The van der Waals surface area contributed by atoms with Crippen LogP contribution in [0.25, 0.3) is 11.0 Å². The van der Waals surface area contributed by atoms with Crippen molar-refractivity contribution in [3.8, 4) is 12.3 Å². The van der Waals surface area contributed by atoms with E-state index >= 15 is 0 Å². The number of furan rings is 1. The number of hydrogen-bond acceptors (Lipinski definition) is 2. The van der Waals surface area contributed by atoms with Gasteiger partial charge in [-0.2, -0.15) is 0 Å². The minimum absolute atomic E-state index is 0.103. The molecule has 15 heavy (non-hydrogen) atoms. The Morgan fingerprint density at radius 2 is 2.20 bits per heavy atom. The number of benzene rings is 1. The minimum atomic E-state index is -0.103. The van der Waals surface area contributed by atoms with Crippen LogP contribution in [0.3, 0.4) is 0 Å². The van der Waals surface area contributed by atoms with Gasteiger partial charge in [-0.05, 0) is 18.6 Å². The molecule has 1 aromatic heterocycles. The van der Waals surface area contributed by atoms with Crippen molar-refractivity contribution in [2.45, 2.75) is 18.9 Å². The first-order valence-electron chi connectivity index (χ1n) is 4.99. The number of fused-ring (bicyclic) bond motifs is 1. The molecule has 0 aliphatic carbocycles. The third kappa shape index (κ3) is 2.03. The average molecular weight is 199 g/mol. The summed E-state index contributed by atoms with van der Waals surface area (Å²) in [4.78, 5) is 0. The van der Waals surface area contributed by atoms with E-state index in [9.17, 15) is 0 Å². The van der Waals surface area contributed by atoms with Crippen LogP contribution in [0.15, 0.2) is 34.7 Å².